The summed E-state index contributed by atoms with van der Waals surface area (Å²) in [4.78, 5) is 9.69. The summed E-state index contributed by atoms with van der Waals surface area (Å²) in [6, 6.07) is 105. The average Bonchev–Trinajstić information content (AvgIpc) is 3.82. The lowest BCUT2D eigenvalue weighted by atomic mass is 9.70. The van der Waals surface area contributed by atoms with Gasteiger partial charge in [0.05, 0.1) is 5.41 Å². The van der Waals surface area contributed by atoms with Gasteiger partial charge in [-0.3, -0.25) is 0 Å². The second-order valence-corrected chi connectivity index (χ2v) is 20.6. The first-order chi connectivity index (χ1) is 38.6. The van der Waals surface area contributed by atoms with Gasteiger partial charge < -0.3 is 19.6 Å². The Balaban J connectivity index is 1.10. The maximum Gasteiger partial charge on any atom is 0.0728 e. The average molecular weight is 1000 g/mol. The number of rotatable bonds is 12. The van der Waals surface area contributed by atoms with E-state index in [9.17, 15) is 0 Å². The van der Waals surface area contributed by atoms with Gasteiger partial charge in [0.2, 0.25) is 0 Å². The predicted octanol–water partition coefficient (Wildman–Crippen LogP) is 20.1. The molecule has 1 atom stereocenters. The SMILES string of the molecule is CC1C=C(N(c2ccccc2)c2ccc3c(c2)C2(c4cc(N(c5ccccc5)c5ccccc5)ccc4-3)c3cc(N(c4ccccc4)c4ccccc4)ccc3-c3ccc(N(c4ccccc4)c4ccccc4)cc32)C=CC1. The van der Waals surface area contributed by atoms with E-state index in [2.05, 4.69) is 330 Å². The van der Waals surface area contributed by atoms with E-state index in [1.165, 1.54) is 50.2 Å². The maximum atomic E-state index is 2.53. The molecule has 1 unspecified atom stereocenters. The van der Waals surface area contributed by atoms with Crippen molar-refractivity contribution in [3.05, 3.63) is 331 Å². The van der Waals surface area contributed by atoms with Crippen LogP contribution in [0.5, 0.6) is 0 Å². The molecule has 3 aliphatic carbocycles. The third kappa shape index (κ3) is 7.92. The maximum absolute atomic E-state index is 2.53. The molecule has 0 amide bonds. The lowest BCUT2D eigenvalue weighted by Gasteiger charge is -2.35. The van der Waals surface area contributed by atoms with E-state index in [1.54, 1.807) is 0 Å². The van der Waals surface area contributed by atoms with Crippen LogP contribution in [0.15, 0.2) is 309 Å². The van der Waals surface area contributed by atoms with Crippen molar-refractivity contribution in [3.8, 4) is 22.3 Å². The van der Waals surface area contributed by atoms with E-state index in [0.29, 0.717) is 5.92 Å². The van der Waals surface area contributed by atoms with Gasteiger partial charge in [-0.25, -0.2) is 0 Å². The van der Waals surface area contributed by atoms with Crippen molar-refractivity contribution in [1.82, 2.24) is 0 Å². The Morgan fingerprint density at radius 3 is 0.782 bits per heavy atom. The second kappa shape index (κ2) is 19.7. The number of para-hydroxylation sites is 7. The predicted molar refractivity (Wildman–Crippen MR) is 326 cm³/mol. The largest absolute Gasteiger partial charge is 0.311 e. The number of hydrogen-bond acceptors (Lipinski definition) is 4. The molecule has 0 heterocycles. The smallest absolute Gasteiger partial charge is 0.0728 e. The van der Waals surface area contributed by atoms with Gasteiger partial charge in [0.25, 0.3) is 0 Å². The summed E-state index contributed by atoms with van der Waals surface area (Å²) in [5.41, 5.74) is 22.3. The van der Waals surface area contributed by atoms with Crippen LogP contribution < -0.4 is 19.6 Å². The van der Waals surface area contributed by atoms with Crippen molar-refractivity contribution >= 4 is 62.6 Å². The van der Waals surface area contributed by atoms with Gasteiger partial charge in [0, 0.05) is 68.3 Å². The van der Waals surface area contributed by atoms with E-state index in [-0.39, 0.29) is 0 Å². The first-order valence-electron chi connectivity index (χ1n) is 27.1. The van der Waals surface area contributed by atoms with E-state index in [4.69, 9.17) is 0 Å². The first kappa shape index (κ1) is 46.6. The summed E-state index contributed by atoms with van der Waals surface area (Å²) >= 11 is 0. The van der Waals surface area contributed by atoms with Crippen LogP contribution >= 0.6 is 0 Å². The van der Waals surface area contributed by atoms with Crippen LogP contribution in [0.1, 0.15) is 35.6 Å². The third-order valence-electron chi connectivity index (χ3n) is 15.9. The first-order valence-corrected chi connectivity index (χ1v) is 27.1. The molecule has 4 nitrogen and oxygen atoms in total. The highest BCUT2D eigenvalue weighted by Crippen LogP contribution is 2.65. The molecule has 1 spiro atoms. The van der Waals surface area contributed by atoms with Crippen LogP contribution in [0.25, 0.3) is 22.3 Å². The number of benzene rings is 11. The lowest BCUT2D eigenvalue weighted by molar-refractivity contribution is 0.726. The summed E-state index contributed by atoms with van der Waals surface area (Å²) in [6.07, 6.45) is 8.09. The number of nitrogens with zero attached hydrogens (tertiary/aromatic N) is 4. The molecule has 11 aromatic rings. The van der Waals surface area contributed by atoms with Gasteiger partial charge >= 0.3 is 0 Å². The van der Waals surface area contributed by atoms with Crippen molar-refractivity contribution in [3.63, 3.8) is 0 Å². The van der Waals surface area contributed by atoms with E-state index >= 15 is 0 Å². The number of allylic oxidation sites excluding steroid dienone is 3. The molecule has 14 rings (SSSR count). The molecule has 0 radical (unpaired) electrons. The molecule has 0 aromatic heterocycles. The molecule has 0 aliphatic heterocycles. The zero-order valence-corrected chi connectivity index (χ0v) is 43.4. The fourth-order valence-electron chi connectivity index (χ4n) is 12.5. The van der Waals surface area contributed by atoms with E-state index in [1.807, 2.05) is 0 Å². The highest BCUT2D eigenvalue weighted by Gasteiger charge is 2.53. The lowest BCUT2D eigenvalue weighted by Crippen LogP contribution is -2.27. The van der Waals surface area contributed by atoms with Crippen molar-refractivity contribution in [2.75, 3.05) is 19.6 Å². The third-order valence-corrected chi connectivity index (χ3v) is 15.9. The Bertz CT molecular complexity index is 3630. The van der Waals surface area contributed by atoms with Crippen molar-refractivity contribution in [2.45, 2.75) is 18.8 Å². The van der Waals surface area contributed by atoms with Crippen molar-refractivity contribution < 1.29 is 0 Å². The molecular formula is C74H56N4. The Labute approximate surface area is 458 Å². The summed E-state index contributed by atoms with van der Waals surface area (Å²) in [5, 5.41) is 0. The highest BCUT2D eigenvalue weighted by atomic mass is 15.2. The molecule has 3 aliphatic rings. The van der Waals surface area contributed by atoms with Crippen molar-refractivity contribution in [2.24, 2.45) is 5.92 Å². The summed E-state index contributed by atoms with van der Waals surface area (Å²) in [6.45, 7) is 2.32. The van der Waals surface area contributed by atoms with Gasteiger partial charge in [-0.1, -0.05) is 171 Å². The van der Waals surface area contributed by atoms with Crippen LogP contribution in [-0.2, 0) is 5.41 Å². The molecule has 0 bridgehead atoms. The topological polar surface area (TPSA) is 13.0 Å². The molecule has 0 N–H and O–H groups in total. The fraction of sp³-hybridized carbons (Fsp3) is 0.0541. The van der Waals surface area contributed by atoms with Gasteiger partial charge in [0.1, 0.15) is 0 Å². The molecule has 0 saturated carbocycles. The minimum Gasteiger partial charge on any atom is -0.311 e. The van der Waals surface area contributed by atoms with E-state index < -0.39 is 5.41 Å². The Hall–Kier alpha value is -9.90. The zero-order valence-electron chi connectivity index (χ0n) is 43.4. The van der Waals surface area contributed by atoms with Crippen LogP contribution in [0.3, 0.4) is 0 Å². The van der Waals surface area contributed by atoms with Gasteiger partial charge in [-0.05, 0) is 196 Å². The Morgan fingerprint density at radius 1 is 0.282 bits per heavy atom. The molecular weight excluding hydrogens is 945 g/mol. The summed E-state index contributed by atoms with van der Waals surface area (Å²) < 4.78 is 0. The minimum absolute atomic E-state index is 0.400. The monoisotopic (exact) mass is 1000 g/mol. The van der Waals surface area contributed by atoms with Crippen LogP contribution in [0, 0.1) is 5.92 Å². The van der Waals surface area contributed by atoms with E-state index in [0.717, 1.165) is 69.0 Å². The molecule has 11 aromatic carbocycles. The van der Waals surface area contributed by atoms with Crippen molar-refractivity contribution in [1.29, 1.82) is 0 Å². The molecule has 4 heteroatoms. The minimum atomic E-state index is -0.809. The van der Waals surface area contributed by atoms with Crippen LogP contribution in [0.2, 0.25) is 0 Å². The Morgan fingerprint density at radius 2 is 0.526 bits per heavy atom. The molecule has 0 saturated heterocycles. The molecule has 0 fully saturated rings. The van der Waals surface area contributed by atoms with Crippen LogP contribution in [-0.4, -0.2) is 0 Å². The number of fused-ring (bicyclic) bond motifs is 10. The van der Waals surface area contributed by atoms with Gasteiger partial charge in [-0.15, -0.1) is 0 Å². The fourth-order valence-corrected chi connectivity index (χ4v) is 12.5. The van der Waals surface area contributed by atoms with Gasteiger partial charge in [0.15, 0.2) is 0 Å². The number of anilines is 11. The summed E-state index contributed by atoms with van der Waals surface area (Å²) in [5.74, 6) is 0.400. The number of hydrogen-bond donors (Lipinski definition) is 0. The zero-order chi connectivity index (χ0) is 52.0. The second-order valence-electron chi connectivity index (χ2n) is 20.6. The van der Waals surface area contributed by atoms with Crippen LogP contribution in [0.4, 0.5) is 62.6 Å². The molecule has 372 valence electrons. The standard InChI is InChI=1S/C74H56N4/c1-53-24-23-39-61(48-53)78(60-37-21-8-22-38-60)65-43-47-69-68-46-42-64(77(58-33-17-6-18-34-58)59-35-19-7-20-36-59)51-72(68)74(73(69)52-65)70-49-62(75(54-25-9-2-10-26-54)55-27-11-3-12-28-55)40-44-66(70)67-45-41-63(50-71(67)74)76(56-29-13-4-14-30-56)57-31-15-5-16-32-57/h2-23,25-53H,24H2,1H3. The van der Waals surface area contributed by atoms with Gasteiger partial charge in [-0.2, -0.15) is 0 Å². The Kier molecular flexibility index (Phi) is 11.8. The molecule has 78 heavy (non-hydrogen) atoms. The highest BCUT2D eigenvalue weighted by molar-refractivity contribution is 5.99. The quantitative estimate of drug-likeness (QED) is 0.121. The normalized spacial score (nSPS) is 14.2. The summed E-state index contributed by atoms with van der Waals surface area (Å²) in [7, 11) is 0.